The Morgan fingerprint density at radius 2 is 1.31 bits per heavy atom. The molecule has 0 aliphatic heterocycles. The highest BCUT2D eigenvalue weighted by molar-refractivity contribution is 7.88. The maximum absolute atomic E-state index is 12.2. The molecule has 0 amide bonds. The van der Waals surface area contributed by atoms with Gasteiger partial charge < -0.3 is 18.8 Å². The van der Waals surface area contributed by atoms with Gasteiger partial charge in [-0.05, 0) is 24.3 Å². The van der Waals surface area contributed by atoms with E-state index in [-0.39, 0.29) is 11.1 Å². The first-order chi connectivity index (χ1) is 16.0. The van der Waals surface area contributed by atoms with Crippen LogP contribution in [-0.4, -0.2) is 55.0 Å². The lowest BCUT2D eigenvalue weighted by atomic mass is 10.2. The van der Waals surface area contributed by atoms with Gasteiger partial charge in [-0.1, -0.05) is 0 Å². The molecular formula is C17H13F3N2O12S. The zero-order chi connectivity index (χ0) is 27.1. The summed E-state index contributed by atoms with van der Waals surface area (Å²) in [5, 5.41) is 30.2. The number of benzene rings is 2. The molecule has 190 valence electrons. The van der Waals surface area contributed by atoms with Crippen LogP contribution in [0.25, 0.3) is 0 Å². The Morgan fingerprint density at radius 3 is 1.71 bits per heavy atom. The van der Waals surface area contributed by atoms with Crippen LogP contribution in [0.1, 0.15) is 20.7 Å². The van der Waals surface area contributed by atoms with E-state index in [1.165, 1.54) is 13.2 Å². The molecule has 1 N–H and O–H groups in total. The molecule has 14 nitrogen and oxygen atoms in total. The van der Waals surface area contributed by atoms with Crippen LogP contribution in [0.5, 0.6) is 11.5 Å². The minimum absolute atomic E-state index is 0.0250. The average molecular weight is 526 g/mol. The average Bonchev–Trinajstić information content (AvgIpc) is 2.77. The molecule has 0 saturated heterocycles. The van der Waals surface area contributed by atoms with E-state index < -0.39 is 60.3 Å². The van der Waals surface area contributed by atoms with Gasteiger partial charge in [-0.3, -0.25) is 20.2 Å². The zero-order valence-electron chi connectivity index (χ0n) is 17.3. The van der Waals surface area contributed by atoms with Gasteiger partial charge in [0.2, 0.25) is 5.75 Å². The van der Waals surface area contributed by atoms with Crippen LogP contribution in [0.2, 0.25) is 0 Å². The summed E-state index contributed by atoms with van der Waals surface area (Å²) in [5.74, 6) is -3.34. The van der Waals surface area contributed by atoms with Crippen molar-refractivity contribution in [3.8, 4) is 11.5 Å². The Bertz CT molecular complexity index is 1260. The fraction of sp³-hybridized carbons (Fsp3) is 0.176. The number of hydrogen-bond acceptors (Lipinski definition) is 12. The molecule has 0 radical (unpaired) electrons. The Balaban J connectivity index is 0.000000379. The number of nitrogens with zero attached hydrogens (tertiary/aromatic N) is 2. The normalized spacial score (nSPS) is 10.9. The summed E-state index contributed by atoms with van der Waals surface area (Å²) in [7, 11) is -3.92. The highest BCUT2D eigenvalue weighted by atomic mass is 32.2. The second-order valence-electron chi connectivity index (χ2n) is 5.87. The van der Waals surface area contributed by atoms with Gasteiger partial charge >= 0.3 is 38.9 Å². The number of esters is 2. The quantitative estimate of drug-likeness (QED) is 0.190. The van der Waals surface area contributed by atoms with Crippen LogP contribution < -0.4 is 4.18 Å². The number of carbonyl (C=O) groups excluding carboxylic acids is 2. The molecule has 0 spiro atoms. The van der Waals surface area contributed by atoms with E-state index in [1.54, 1.807) is 0 Å². The van der Waals surface area contributed by atoms with Crippen molar-refractivity contribution in [3.63, 3.8) is 0 Å². The number of aromatic hydroxyl groups is 1. The molecule has 0 saturated carbocycles. The maximum atomic E-state index is 12.2. The highest BCUT2D eigenvalue weighted by Crippen LogP contribution is 2.33. The number of rotatable bonds is 6. The summed E-state index contributed by atoms with van der Waals surface area (Å²) in [5.41, 5.74) is -7.74. The summed E-state index contributed by atoms with van der Waals surface area (Å²) in [4.78, 5) is 41.3. The van der Waals surface area contributed by atoms with Gasteiger partial charge in [0.15, 0.2) is 5.75 Å². The van der Waals surface area contributed by atoms with Crippen LogP contribution in [0.15, 0.2) is 36.4 Å². The number of nitro benzene ring substituents is 2. The van der Waals surface area contributed by atoms with Crippen molar-refractivity contribution in [1.29, 1.82) is 0 Å². The van der Waals surface area contributed by atoms with Gasteiger partial charge in [-0.25, -0.2) is 9.59 Å². The number of ether oxygens (including phenoxy) is 2. The smallest absolute Gasteiger partial charge is 0.502 e. The minimum atomic E-state index is -6.07. The monoisotopic (exact) mass is 526 g/mol. The Kier molecular flexibility index (Phi) is 9.05. The lowest BCUT2D eigenvalue weighted by Crippen LogP contribution is -2.28. The first-order valence-electron chi connectivity index (χ1n) is 8.49. The highest BCUT2D eigenvalue weighted by Gasteiger charge is 2.49. The van der Waals surface area contributed by atoms with Crippen LogP contribution in [0, 0.1) is 20.2 Å². The number of halogens is 3. The molecule has 18 heteroatoms. The molecule has 0 aliphatic rings. The molecule has 2 aromatic carbocycles. The van der Waals surface area contributed by atoms with Crippen LogP contribution in [-0.2, 0) is 19.6 Å². The predicted molar refractivity (Wildman–Crippen MR) is 106 cm³/mol. The largest absolute Gasteiger partial charge is 0.534 e. The van der Waals surface area contributed by atoms with E-state index in [4.69, 9.17) is 5.11 Å². The van der Waals surface area contributed by atoms with Crippen molar-refractivity contribution in [2.75, 3.05) is 14.2 Å². The van der Waals surface area contributed by atoms with Crippen LogP contribution >= 0.6 is 0 Å². The van der Waals surface area contributed by atoms with Crippen LogP contribution in [0.4, 0.5) is 24.5 Å². The first-order valence-corrected chi connectivity index (χ1v) is 9.89. The van der Waals surface area contributed by atoms with Gasteiger partial charge in [0.1, 0.15) is 0 Å². The third kappa shape index (κ3) is 7.25. The van der Waals surface area contributed by atoms with Crippen molar-refractivity contribution in [2.45, 2.75) is 5.51 Å². The van der Waals surface area contributed by atoms with E-state index in [1.807, 2.05) is 0 Å². The first kappa shape index (κ1) is 28.6. The molecule has 2 aromatic rings. The fourth-order valence-electron chi connectivity index (χ4n) is 2.06. The number of nitro groups is 2. The molecule has 0 bridgehead atoms. The second kappa shape index (κ2) is 11.1. The summed E-state index contributed by atoms with van der Waals surface area (Å²) < 4.78 is 70.4. The van der Waals surface area contributed by atoms with Crippen molar-refractivity contribution in [1.82, 2.24) is 0 Å². The Morgan fingerprint density at radius 1 is 0.886 bits per heavy atom. The zero-order valence-corrected chi connectivity index (χ0v) is 18.2. The van der Waals surface area contributed by atoms with E-state index in [0.717, 1.165) is 25.3 Å². The van der Waals surface area contributed by atoms with Gasteiger partial charge in [-0.2, -0.15) is 21.6 Å². The number of hydrogen-bond donors (Lipinski definition) is 1. The lowest BCUT2D eigenvalue weighted by molar-refractivity contribution is -0.385. The summed E-state index contributed by atoms with van der Waals surface area (Å²) in [6, 6.07) is 5.18. The van der Waals surface area contributed by atoms with Crippen LogP contribution in [0.3, 0.4) is 0 Å². The van der Waals surface area contributed by atoms with Crippen molar-refractivity contribution in [2.24, 2.45) is 0 Å². The Hall–Kier alpha value is -4.48. The molecule has 0 heterocycles. The minimum Gasteiger partial charge on any atom is -0.502 e. The van der Waals surface area contributed by atoms with Gasteiger partial charge in [-0.15, -0.1) is 0 Å². The topological polar surface area (TPSA) is 202 Å². The molecule has 0 aromatic heterocycles. The van der Waals surface area contributed by atoms with Gasteiger partial charge in [0.25, 0.3) is 0 Å². The summed E-state index contributed by atoms with van der Waals surface area (Å²) in [6.45, 7) is 0. The molecule has 0 atom stereocenters. The molecule has 2 rings (SSSR count). The number of carbonyl (C=O) groups is 2. The predicted octanol–water partition coefficient (Wildman–Crippen LogP) is 2.70. The van der Waals surface area contributed by atoms with Crippen molar-refractivity contribution in [3.05, 3.63) is 67.8 Å². The van der Waals surface area contributed by atoms with Gasteiger partial charge in [0, 0.05) is 12.1 Å². The van der Waals surface area contributed by atoms with E-state index in [9.17, 15) is 51.4 Å². The third-order valence-corrected chi connectivity index (χ3v) is 4.62. The van der Waals surface area contributed by atoms with Crippen molar-refractivity contribution >= 4 is 33.4 Å². The fourth-order valence-corrected chi connectivity index (χ4v) is 2.53. The van der Waals surface area contributed by atoms with Crippen molar-refractivity contribution < 1.29 is 59.8 Å². The molecule has 0 aliphatic carbocycles. The number of phenols is 1. The number of alkyl halides is 3. The number of methoxy groups -OCH3 is 2. The second-order valence-corrected chi connectivity index (χ2v) is 7.40. The maximum Gasteiger partial charge on any atom is 0.534 e. The van der Waals surface area contributed by atoms with E-state index in [0.29, 0.717) is 12.1 Å². The molecule has 35 heavy (non-hydrogen) atoms. The molecule has 0 unspecified atom stereocenters. The third-order valence-electron chi connectivity index (χ3n) is 3.65. The summed E-state index contributed by atoms with van der Waals surface area (Å²) >= 11 is 0. The summed E-state index contributed by atoms with van der Waals surface area (Å²) in [6.07, 6.45) is 0. The molecule has 0 fully saturated rings. The van der Waals surface area contributed by atoms with E-state index >= 15 is 0 Å². The molecular weight excluding hydrogens is 513 g/mol. The standard InChI is InChI=1S/C9H6F3NO7S.C8H7NO5/c1-19-8(14)5-2-3-7(6(4-5)13(15)16)20-21(17,18)9(10,11)12;1-14-8(11)5-2-3-7(10)6(4-5)9(12)13/h2-4H,1H3;2-4,10H,1H3. The number of phenolic OH excluding ortho intramolecular Hbond substituents is 1. The van der Waals surface area contributed by atoms with E-state index in [2.05, 4.69) is 13.7 Å². The van der Waals surface area contributed by atoms with Gasteiger partial charge in [0.05, 0.1) is 35.2 Å². The Labute approximate surface area is 192 Å². The SMILES string of the molecule is COC(=O)c1ccc(O)c([N+](=O)[O-])c1.COC(=O)c1ccc(OS(=O)(=O)C(F)(F)F)c([N+](=O)[O-])c1. The lowest BCUT2D eigenvalue weighted by Gasteiger charge is -2.10.